The second kappa shape index (κ2) is 7.90. The lowest BCUT2D eigenvalue weighted by atomic mass is 10.0. The van der Waals surface area contributed by atoms with Crippen molar-refractivity contribution in [3.05, 3.63) is 28.2 Å². The number of hydrogen-bond acceptors (Lipinski definition) is 7. The van der Waals surface area contributed by atoms with Gasteiger partial charge in [0.15, 0.2) is 0 Å². The summed E-state index contributed by atoms with van der Waals surface area (Å²) in [5, 5.41) is 13.2. The van der Waals surface area contributed by atoms with Crippen LogP contribution in [0.1, 0.15) is 53.7 Å². The Morgan fingerprint density at radius 3 is 2.67 bits per heavy atom. The number of aryl methyl sites for hydroxylation is 1. The van der Waals surface area contributed by atoms with E-state index >= 15 is 0 Å². The summed E-state index contributed by atoms with van der Waals surface area (Å²) < 4.78 is 82.8. The van der Waals surface area contributed by atoms with Crippen molar-refractivity contribution in [2.45, 2.75) is 57.6 Å². The molecule has 2 N–H and O–H groups in total. The van der Waals surface area contributed by atoms with Crippen LogP contribution < -0.4 is 10.9 Å². The first-order valence-corrected chi connectivity index (χ1v) is 11.5. The Kier molecular flexibility index (Phi) is 3.71. The lowest BCUT2D eigenvalue weighted by Gasteiger charge is -2.30. The molecule has 0 spiro atoms. The van der Waals surface area contributed by atoms with Crippen LogP contribution in [0.3, 0.4) is 0 Å². The number of fused-ring (bicyclic) bond motifs is 1. The van der Waals surface area contributed by atoms with E-state index in [1.54, 1.807) is 6.92 Å². The van der Waals surface area contributed by atoms with Crippen LogP contribution in [-0.4, -0.2) is 63.9 Å². The smallest absolute Gasteiger partial charge is 0.255 e. The maximum atomic E-state index is 13.4. The van der Waals surface area contributed by atoms with E-state index in [4.69, 9.17) is 9.60 Å². The van der Waals surface area contributed by atoms with Crippen LogP contribution in [0.15, 0.2) is 17.1 Å². The van der Waals surface area contributed by atoms with Gasteiger partial charge in [-0.25, -0.2) is 17.7 Å². The summed E-state index contributed by atoms with van der Waals surface area (Å²) in [6, 6.07) is -0.903. The maximum Gasteiger partial charge on any atom is 0.255 e. The van der Waals surface area contributed by atoms with Gasteiger partial charge in [0, 0.05) is 57.8 Å². The Balaban J connectivity index is 1.82. The first-order chi connectivity index (χ1) is 16.8. The molecule has 164 valence electrons. The van der Waals surface area contributed by atoms with E-state index in [1.807, 2.05) is 0 Å². The Morgan fingerprint density at radius 2 is 2.07 bits per heavy atom. The normalized spacial score (nSPS) is 33.6. The zero-order chi connectivity index (χ0) is 27.7. The number of nitrogens with zero attached hydrogens (tertiary/aromatic N) is 4. The molecular formula is C20H29N5O4S. The molecule has 9 nitrogen and oxygen atoms in total. The molecule has 3 atom stereocenters. The molecule has 0 amide bonds. The molecule has 1 aliphatic heterocycles. The Morgan fingerprint density at radius 1 is 1.33 bits per heavy atom. The van der Waals surface area contributed by atoms with Gasteiger partial charge >= 0.3 is 0 Å². The van der Waals surface area contributed by atoms with E-state index in [0.29, 0.717) is 12.8 Å². The summed E-state index contributed by atoms with van der Waals surface area (Å²) in [7, 11) is -3.85. The zero-order valence-corrected chi connectivity index (χ0v) is 17.5. The van der Waals surface area contributed by atoms with Crippen molar-refractivity contribution in [2.24, 2.45) is 5.92 Å². The van der Waals surface area contributed by atoms with Gasteiger partial charge in [-0.3, -0.25) is 9.36 Å². The van der Waals surface area contributed by atoms with Gasteiger partial charge in [-0.1, -0.05) is 6.92 Å². The molecule has 1 aliphatic carbocycles. The predicted octanol–water partition coefficient (Wildman–Crippen LogP) is 1.27. The number of aliphatic hydroxyl groups excluding tert-OH is 1. The molecule has 10 heteroatoms. The number of pyridine rings is 1. The second-order valence-corrected chi connectivity index (χ2v) is 9.78. The molecular weight excluding hydrogens is 406 g/mol. The first kappa shape index (κ1) is 14.1. The van der Waals surface area contributed by atoms with Gasteiger partial charge in [0.1, 0.15) is 5.65 Å². The lowest BCUT2D eigenvalue weighted by Crippen LogP contribution is -2.42. The van der Waals surface area contributed by atoms with Gasteiger partial charge in [0.05, 0.1) is 12.4 Å². The molecule has 0 radical (unpaired) electrons. The van der Waals surface area contributed by atoms with E-state index in [9.17, 15) is 18.3 Å². The third-order valence-corrected chi connectivity index (χ3v) is 6.96. The molecule has 4 rings (SSSR count). The van der Waals surface area contributed by atoms with Gasteiger partial charge in [-0.05, 0) is 38.5 Å². The monoisotopic (exact) mass is 442 g/mol. The van der Waals surface area contributed by atoms with Crippen molar-refractivity contribution in [3.8, 4) is 0 Å². The highest BCUT2D eigenvalue weighted by Gasteiger charge is 2.34. The van der Waals surface area contributed by atoms with Crippen molar-refractivity contribution >= 4 is 27.0 Å². The van der Waals surface area contributed by atoms with E-state index in [2.05, 4.69) is 15.3 Å². The van der Waals surface area contributed by atoms with Crippen molar-refractivity contribution in [1.82, 2.24) is 18.8 Å². The van der Waals surface area contributed by atoms with Crippen LogP contribution in [0.5, 0.6) is 0 Å². The average molecular weight is 443 g/mol. The van der Waals surface area contributed by atoms with Gasteiger partial charge in [0.25, 0.3) is 5.56 Å². The minimum atomic E-state index is -3.85. The van der Waals surface area contributed by atoms with Crippen molar-refractivity contribution in [3.63, 3.8) is 0 Å². The average Bonchev–Trinajstić information content (AvgIpc) is 3.06. The number of rotatable bonds is 4. The Labute approximate surface area is 186 Å². The highest BCUT2D eigenvalue weighted by atomic mass is 32.2. The molecule has 0 aromatic carbocycles. The molecule has 2 aromatic heterocycles. The zero-order valence-electron chi connectivity index (χ0n) is 23.7. The number of nitrogens with one attached hydrogen (secondary N) is 1. The predicted molar refractivity (Wildman–Crippen MR) is 115 cm³/mol. The minimum Gasteiger partial charge on any atom is -0.393 e. The van der Waals surface area contributed by atoms with E-state index in [-0.39, 0.29) is 22.9 Å². The summed E-state index contributed by atoms with van der Waals surface area (Å²) in [5.41, 5.74) is -1.13. The third kappa shape index (κ3) is 3.95. The number of aliphatic hydroxyl groups is 1. The molecule has 1 saturated carbocycles. The molecule has 30 heavy (non-hydrogen) atoms. The summed E-state index contributed by atoms with van der Waals surface area (Å²) in [6.07, 6.45) is -2.43. The van der Waals surface area contributed by atoms with E-state index < -0.39 is 72.0 Å². The quantitative estimate of drug-likeness (QED) is 0.732. The minimum absolute atomic E-state index is 0.0659. The van der Waals surface area contributed by atoms with E-state index in [0.717, 1.165) is 10.6 Å². The second-order valence-electron chi connectivity index (χ2n) is 7.79. The van der Waals surface area contributed by atoms with Crippen LogP contribution in [0.25, 0.3) is 11.0 Å². The number of anilines is 1. The van der Waals surface area contributed by atoms with Crippen LogP contribution >= 0.6 is 0 Å². The van der Waals surface area contributed by atoms with Crippen LogP contribution in [-0.2, 0) is 10.0 Å². The van der Waals surface area contributed by atoms with Crippen LogP contribution in [0.4, 0.5) is 5.95 Å². The first-order valence-electron chi connectivity index (χ1n) is 13.2. The van der Waals surface area contributed by atoms with E-state index in [1.165, 1.54) is 16.8 Å². The van der Waals surface area contributed by atoms with Crippen molar-refractivity contribution in [2.75, 3.05) is 24.7 Å². The summed E-state index contributed by atoms with van der Waals surface area (Å²) in [6.45, 7) is -2.12. The highest BCUT2D eigenvalue weighted by molar-refractivity contribution is 7.88. The standard InChI is InChI=1S/C20H29N5O4S/c1-12-10-14-11-21-20(22-15-6-8-24(9-7-15)30(3,28)29)23-18(14)25(19(12)27)16-4-5-17(26)13(16)2/h10-11,13,15-17,26H,4-9H2,1-3H3,(H,21,22,23)/t13-,16+,17+/m1/s1/i1D3,6D2,7D2. The fourth-order valence-corrected chi connectivity index (χ4v) is 4.58. The van der Waals surface area contributed by atoms with Crippen molar-refractivity contribution < 1.29 is 23.1 Å². The van der Waals surface area contributed by atoms with Gasteiger partial charge in [-0.15, -0.1) is 0 Å². The Bertz CT molecular complexity index is 1360. The molecule has 3 heterocycles. The SMILES string of the molecule is [2H]C([2H])([2H])c1cc2cnc(NC3C([2H])([2H])CN(S(C)(=O)=O)CC3([2H])[2H])nc2n([C@H]2CC[C@H](O)[C@@H]2C)c1=O. The molecule has 1 saturated heterocycles. The fourth-order valence-electron chi connectivity index (χ4n) is 3.97. The number of hydrogen-bond donors (Lipinski definition) is 2. The molecule has 2 fully saturated rings. The molecule has 2 aliphatic rings. The molecule has 0 unspecified atom stereocenters. The lowest BCUT2D eigenvalue weighted by molar-refractivity contribution is 0.129. The number of sulfonamides is 1. The number of piperidine rings is 1. The van der Waals surface area contributed by atoms with Gasteiger partial charge in [-0.2, -0.15) is 4.98 Å². The van der Waals surface area contributed by atoms with Gasteiger partial charge < -0.3 is 10.4 Å². The third-order valence-electron chi connectivity index (χ3n) is 5.76. The summed E-state index contributed by atoms with van der Waals surface area (Å²) >= 11 is 0. The van der Waals surface area contributed by atoms with Crippen molar-refractivity contribution in [1.29, 1.82) is 0 Å². The molecule has 2 aromatic rings. The summed E-state index contributed by atoms with van der Waals surface area (Å²) in [5.74, 6) is -0.582. The van der Waals surface area contributed by atoms with Crippen LogP contribution in [0, 0.1) is 12.8 Å². The largest absolute Gasteiger partial charge is 0.393 e. The maximum absolute atomic E-state index is 13.4. The topological polar surface area (TPSA) is 117 Å². The Hall–Kier alpha value is -2.04. The summed E-state index contributed by atoms with van der Waals surface area (Å²) in [4.78, 5) is 21.8. The van der Waals surface area contributed by atoms with Crippen LogP contribution in [0.2, 0.25) is 0 Å². The molecule has 0 bridgehead atoms. The number of aromatic nitrogens is 3. The highest BCUT2D eigenvalue weighted by Crippen LogP contribution is 2.36. The fraction of sp³-hybridized carbons (Fsp3) is 0.650. The van der Waals surface area contributed by atoms with Gasteiger partial charge in [0.2, 0.25) is 16.0 Å².